The maximum Gasteiger partial charge on any atom is 0.170 e. The molecule has 0 spiro atoms. The van der Waals surface area contributed by atoms with Crippen LogP contribution in [0.4, 0.5) is 11.4 Å². The molecule has 156 valence electrons. The molecule has 0 bridgehead atoms. The van der Waals surface area contributed by atoms with Gasteiger partial charge in [-0.2, -0.15) is 0 Å². The van der Waals surface area contributed by atoms with E-state index in [1.807, 2.05) is 18.2 Å². The van der Waals surface area contributed by atoms with Gasteiger partial charge < -0.3 is 9.64 Å². The Kier molecular flexibility index (Phi) is 5.39. The van der Waals surface area contributed by atoms with Crippen molar-refractivity contribution in [3.8, 4) is 5.75 Å². The van der Waals surface area contributed by atoms with E-state index in [0.29, 0.717) is 6.04 Å². The molecule has 0 saturated carbocycles. The lowest BCUT2D eigenvalue weighted by molar-refractivity contribution is 0.221. The van der Waals surface area contributed by atoms with Crippen LogP contribution in [0.2, 0.25) is 0 Å². The van der Waals surface area contributed by atoms with Crippen LogP contribution in [0, 0.1) is 0 Å². The summed E-state index contributed by atoms with van der Waals surface area (Å²) in [7, 11) is 1.71. The fourth-order valence-corrected chi connectivity index (χ4v) is 5.09. The number of piperazine rings is 1. The molecule has 3 aliphatic heterocycles. The quantitative estimate of drug-likeness (QED) is 0.758. The molecule has 0 N–H and O–H groups in total. The van der Waals surface area contributed by atoms with Gasteiger partial charge in [0.15, 0.2) is 5.17 Å². The highest BCUT2D eigenvalue weighted by Gasteiger charge is 2.37. The van der Waals surface area contributed by atoms with Crippen molar-refractivity contribution in [2.24, 2.45) is 9.98 Å². The summed E-state index contributed by atoms with van der Waals surface area (Å²) in [5, 5.41) is 1.06. The van der Waals surface area contributed by atoms with Crippen molar-refractivity contribution < 1.29 is 4.74 Å². The van der Waals surface area contributed by atoms with E-state index in [1.165, 1.54) is 5.69 Å². The minimum Gasteiger partial charge on any atom is -0.497 e. The van der Waals surface area contributed by atoms with Crippen LogP contribution in [0.15, 0.2) is 58.5 Å². The monoisotopic (exact) mass is 421 g/mol. The predicted octanol–water partition coefficient (Wildman–Crippen LogP) is 3.31. The minimum atomic E-state index is 0.354. The van der Waals surface area contributed by atoms with E-state index in [-0.39, 0.29) is 0 Å². The molecule has 1 unspecified atom stereocenters. The van der Waals surface area contributed by atoms with E-state index in [0.717, 1.165) is 67.3 Å². The lowest BCUT2D eigenvalue weighted by atomic mass is 10.1. The number of rotatable bonds is 4. The van der Waals surface area contributed by atoms with Gasteiger partial charge in [0.05, 0.1) is 25.4 Å². The Bertz CT molecular complexity index is 966. The van der Waals surface area contributed by atoms with E-state index in [2.05, 4.69) is 51.3 Å². The standard InChI is InChI=1S/C23H27N5OS/c1-29-19-9-7-17(8-10-19)27-13-11-26(12-14-27)16-18-15-24-22-20-5-3-4-6-21(20)25-23(30-2)28(18)22/h3-10,18H,11-16H2,1-2H3. The second-order valence-electron chi connectivity index (χ2n) is 7.79. The second kappa shape index (κ2) is 8.32. The first kappa shape index (κ1) is 19.5. The Balaban J connectivity index is 1.24. The van der Waals surface area contributed by atoms with Crippen molar-refractivity contribution in [2.75, 3.05) is 57.5 Å². The van der Waals surface area contributed by atoms with Crippen LogP contribution < -0.4 is 9.64 Å². The summed E-state index contributed by atoms with van der Waals surface area (Å²) in [6, 6.07) is 17.1. The highest BCUT2D eigenvalue weighted by Crippen LogP contribution is 2.33. The first-order chi connectivity index (χ1) is 14.8. The summed E-state index contributed by atoms with van der Waals surface area (Å²) in [5.74, 6) is 2.00. The zero-order valence-corrected chi connectivity index (χ0v) is 18.3. The maximum absolute atomic E-state index is 5.28. The average molecular weight is 422 g/mol. The molecule has 1 saturated heterocycles. The maximum atomic E-state index is 5.28. The van der Waals surface area contributed by atoms with Crippen LogP contribution in [0.1, 0.15) is 5.56 Å². The summed E-state index contributed by atoms with van der Waals surface area (Å²) in [5.41, 5.74) is 3.46. The smallest absolute Gasteiger partial charge is 0.170 e. The van der Waals surface area contributed by atoms with Crippen molar-refractivity contribution in [3.05, 3.63) is 54.1 Å². The van der Waals surface area contributed by atoms with E-state index in [1.54, 1.807) is 18.9 Å². The van der Waals surface area contributed by atoms with Crippen LogP contribution in [0.3, 0.4) is 0 Å². The molecule has 0 amide bonds. The Hall–Kier alpha value is -2.51. The van der Waals surface area contributed by atoms with Gasteiger partial charge in [0.2, 0.25) is 0 Å². The van der Waals surface area contributed by atoms with Gasteiger partial charge >= 0.3 is 0 Å². The van der Waals surface area contributed by atoms with E-state index < -0.39 is 0 Å². The number of methoxy groups -OCH3 is 1. The van der Waals surface area contributed by atoms with E-state index in [9.17, 15) is 0 Å². The Labute approximate surface area is 182 Å². The summed E-state index contributed by atoms with van der Waals surface area (Å²) in [6.45, 7) is 6.06. The molecule has 1 atom stereocenters. The fraction of sp³-hybridized carbons (Fsp3) is 0.391. The molecule has 3 heterocycles. The molecule has 0 aliphatic carbocycles. The molecule has 1 fully saturated rings. The van der Waals surface area contributed by atoms with Gasteiger partial charge in [0.1, 0.15) is 11.6 Å². The summed E-state index contributed by atoms with van der Waals surface area (Å²) >= 11 is 1.71. The number of hydrogen-bond donors (Lipinski definition) is 0. The first-order valence-corrected chi connectivity index (χ1v) is 11.7. The van der Waals surface area contributed by atoms with Crippen molar-refractivity contribution in [1.29, 1.82) is 0 Å². The molecule has 0 radical (unpaired) electrons. The molecular formula is C23H27N5OS. The van der Waals surface area contributed by atoms with Crippen molar-refractivity contribution in [2.45, 2.75) is 6.04 Å². The Morgan fingerprint density at radius 2 is 1.80 bits per heavy atom. The molecule has 7 heteroatoms. The van der Waals surface area contributed by atoms with Crippen molar-refractivity contribution >= 4 is 34.1 Å². The summed E-state index contributed by atoms with van der Waals surface area (Å²) in [4.78, 5) is 17.2. The number of benzene rings is 2. The third kappa shape index (κ3) is 3.56. The van der Waals surface area contributed by atoms with Crippen molar-refractivity contribution in [3.63, 3.8) is 0 Å². The van der Waals surface area contributed by atoms with E-state index in [4.69, 9.17) is 14.7 Å². The highest BCUT2D eigenvalue weighted by atomic mass is 32.2. The summed E-state index contributed by atoms with van der Waals surface area (Å²) in [6.07, 6.45) is 2.10. The number of anilines is 1. The molecule has 6 nitrogen and oxygen atoms in total. The molecule has 5 rings (SSSR count). The number of ether oxygens (including phenoxy) is 1. The number of aliphatic imine (C=N–C) groups is 2. The molecule has 2 aromatic carbocycles. The third-order valence-corrected chi connectivity index (χ3v) is 6.73. The Morgan fingerprint density at radius 1 is 1.03 bits per heavy atom. The average Bonchev–Trinajstić information content (AvgIpc) is 3.23. The molecule has 30 heavy (non-hydrogen) atoms. The van der Waals surface area contributed by atoms with Gasteiger partial charge in [-0.05, 0) is 42.7 Å². The fourth-order valence-electron chi connectivity index (χ4n) is 4.46. The van der Waals surface area contributed by atoms with Gasteiger partial charge in [0, 0.05) is 44.0 Å². The third-order valence-electron chi connectivity index (χ3n) is 6.07. The number of thioether (sulfide) groups is 1. The first-order valence-electron chi connectivity index (χ1n) is 10.4. The van der Waals surface area contributed by atoms with Gasteiger partial charge in [-0.15, -0.1) is 0 Å². The van der Waals surface area contributed by atoms with Crippen LogP contribution in [-0.2, 0) is 0 Å². The predicted molar refractivity (Wildman–Crippen MR) is 126 cm³/mol. The largest absolute Gasteiger partial charge is 0.497 e. The van der Waals surface area contributed by atoms with Crippen LogP contribution in [0.5, 0.6) is 5.75 Å². The molecule has 0 aromatic heterocycles. The van der Waals surface area contributed by atoms with Gasteiger partial charge in [-0.3, -0.25) is 14.8 Å². The molecule has 2 aromatic rings. The normalized spacial score (nSPS) is 21.1. The van der Waals surface area contributed by atoms with Gasteiger partial charge in [-0.1, -0.05) is 23.9 Å². The molecular weight excluding hydrogens is 394 g/mol. The lowest BCUT2D eigenvalue weighted by Crippen LogP contribution is -2.53. The molecule has 3 aliphatic rings. The van der Waals surface area contributed by atoms with Crippen molar-refractivity contribution in [1.82, 2.24) is 9.80 Å². The number of amidine groups is 2. The van der Waals surface area contributed by atoms with Gasteiger partial charge in [0.25, 0.3) is 0 Å². The zero-order chi connectivity index (χ0) is 20.5. The van der Waals surface area contributed by atoms with Crippen LogP contribution >= 0.6 is 11.8 Å². The van der Waals surface area contributed by atoms with E-state index >= 15 is 0 Å². The SMILES string of the molecule is COc1ccc(N2CCN(CC3CN=C4c5ccccc5N=C(SC)N43)CC2)cc1. The zero-order valence-electron chi connectivity index (χ0n) is 17.5. The minimum absolute atomic E-state index is 0.354. The number of para-hydroxylation sites is 1. The lowest BCUT2D eigenvalue weighted by Gasteiger charge is -2.39. The Morgan fingerprint density at radius 3 is 2.53 bits per heavy atom. The second-order valence-corrected chi connectivity index (χ2v) is 8.56. The number of fused-ring (bicyclic) bond motifs is 3. The van der Waals surface area contributed by atoms with Crippen LogP contribution in [-0.4, -0.2) is 79.5 Å². The topological polar surface area (TPSA) is 43.7 Å². The van der Waals surface area contributed by atoms with Gasteiger partial charge in [-0.25, -0.2) is 4.99 Å². The summed E-state index contributed by atoms with van der Waals surface area (Å²) < 4.78 is 5.28. The number of hydrogen-bond acceptors (Lipinski definition) is 7. The van der Waals surface area contributed by atoms with Crippen LogP contribution in [0.25, 0.3) is 0 Å². The highest BCUT2D eigenvalue weighted by molar-refractivity contribution is 8.13. The number of nitrogens with zero attached hydrogens (tertiary/aromatic N) is 5.